The highest BCUT2D eigenvalue weighted by Gasteiger charge is 2.06. The monoisotopic (exact) mass is 327 g/mol. The highest BCUT2D eigenvalue weighted by molar-refractivity contribution is 9.10. The molecule has 0 aliphatic rings. The lowest BCUT2D eigenvalue weighted by atomic mass is 10.3. The van der Waals surface area contributed by atoms with Gasteiger partial charge in [-0.3, -0.25) is 4.79 Å². The summed E-state index contributed by atoms with van der Waals surface area (Å²) in [4.78, 5) is 19.8. The normalized spacial score (nSPS) is 11.1. The number of nitrogens with one attached hydrogen (secondary N) is 2. The molecule has 2 N–H and O–H groups in total. The molecule has 0 spiro atoms. The first-order chi connectivity index (χ1) is 8.54. The van der Waals surface area contributed by atoms with Gasteiger partial charge in [-0.1, -0.05) is 13.8 Å². The molecule has 0 aliphatic heterocycles. The Morgan fingerprint density at radius 1 is 1.50 bits per heavy atom. The maximum atomic E-state index is 11.6. The smallest absolute Gasteiger partial charge is 0.251 e. The maximum Gasteiger partial charge on any atom is 0.251 e. The van der Waals surface area contributed by atoms with Gasteiger partial charge in [-0.25, -0.2) is 4.98 Å². The molecular formula is C12H14BrN3OS. The summed E-state index contributed by atoms with van der Waals surface area (Å²) in [6.45, 7) is 4.72. The van der Waals surface area contributed by atoms with E-state index < -0.39 is 0 Å². The van der Waals surface area contributed by atoms with Gasteiger partial charge in [0, 0.05) is 28.5 Å². The van der Waals surface area contributed by atoms with Gasteiger partial charge in [0.25, 0.3) is 5.56 Å². The van der Waals surface area contributed by atoms with Gasteiger partial charge in [-0.2, -0.15) is 0 Å². The van der Waals surface area contributed by atoms with Gasteiger partial charge in [0.05, 0.1) is 10.6 Å². The van der Waals surface area contributed by atoms with E-state index in [1.165, 1.54) is 6.07 Å². The summed E-state index contributed by atoms with van der Waals surface area (Å²) >= 11 is 4.94. The number of thiophene rings is 1. The molecule has 0 saturated carbocycles. The van der Waals surface area contributed by atoms with Gasteiger partial charge in [-0.05, 0) is 22.0 Å². The lowest BCUT2D eigenvalue weighted by Crippen LogP contribution is -2.24. The number of H-pyrrole nitrogens is 1. The number of hydrogen-bond donors (Lipinski definition) is 2. The number of halogens is 1. The third-order valence-electron chi connectivity index (χ3n) is 2.29. The third kappa shape index (κ3) is 3.51. The summed E-state index contributed by atoms with van der Waals surface area (Å²) in [7, 11) is 0. The van der Waals surface area contributed by atoms with Crippen molar-refractivity contribution in [3.8, 4) is 10.7 Å². The average Bonchev–Trinajstić information content (AvgIpc) is 2.72. The predicted octanol–water partition coefficient (Wildman–Crippen LogP) is 2.76. The second-order valence-electron chi connectivity index (χ2n) is 4.25. The molecule has 2 aromatic rings. The molecule has 0 amide bonds. The van der Waals surface area contributed by atoms with E-state index in [0.717, 1.165) is 15.0 Å². The van der Waals surface area contributed by atoms with Gasteiger partial charge in [0.1, 0.15) is 0 Å². The van der Waals surface area contributed by atoms with Gasteiger partial charge in [-0.15, -0.1) is 11.3 Å². The zero-order chi connectivity index (χ0) is 13.1. The van der Waals surface area contributed by atoms with Crippen molar-refractivity contribution < 1.29 is 0 Å². The Labute approximate surface area is 118 Å². The molecule has 0 saturated heterocycles. The van der Waals surface area contributed by atoms with Crippen molar-refractivity contribution in [1.29, 1.82) is 0 Å². The SMILES string of the molecule is CC(C)NCc1cc(=O)[nH]c(-c2cc(Br)cs2)n1. The molecule has 96 valence electrons. The summed E-state index contributed by atoms with van der Waals surface area (Å²) in [6, 6.07) is 3.84. The van der Waals surface area contributed by atoms with Crippen LogP contribution in [0.5, 0.6) is 0 Å². The van der Waals surface area contributed by atoms with E-state index in [-0.39, 0.29) is 5.56 Å². The summed E-state index contributed by atoms with van der Waals surface area (Å²) < 4.78 is 0.996. The quantitative estimate of drug-likeness (QED) is 0.907. The molecule has 0 bridgehead atoms. The maximum absolute atomic E-state index is 11.6. The zero-order valence-corrected chi connectivity index (χ0v) is 12.6. The van der Waals surface area contributed by atoms with Crippen LogP contribution < -0.4 is 10.9 Å². The Morgan fingerprint density at radius 3 is 2.89 bits per heavy atom. The van der Waals surface area contributed by atoms with Crippen LogP contribution >= 0.6 is 27.3 Å². The van der Waals surface area contributed by atoms with Crippen LogP contribution in [0, 0.1) is 0 Å². The molecule has 0 aromatic carbocycles. The molecule has 4 nitrogen and oxygen atoms in total. The second-order valence-corrected chi connectivity index (χ2v) is 6.08. The van der Waals surface area contributed by atoms with E-state index in [1.807, 2.05) is 11.4 Å². The number of rotatable bonds is 4. The van der Waals surface area contributed by atoms with Gasteiger partial charge >= 0.3 is 0 Å². The molecular weight excluding hydrogens is 314 g/mol. The van der Waals surface area contributed by atoms with E-state index in [9.17, 15) is 4.79 Å². The van der Waals surface area contributed by atoms with Gasteiger partial charge < -0.3 is 10.3 Å². The van der Waals surface area contributed by atoms with E-state index in [0.29, 0.717) is 18.4 Å². The minimum Gasteiger partial charge on any atom is -0.309 e. The summed E-state index contributed by atoms with van der Waals surface area (Å²) in [5, 5.41) is 5.22. The van der Waals surface area contributed by atoms with Crippen molar-refractivity contribution in [2.24, 2.45) is 0 Å². The lowest BCUT2D eigenvalue weighted by Gasteiger charge is -2.07. The van der Waals surface area contributed by atoms with Crippen LogP contribution in [-0.2, 0) is 6.54 Å². The minimum atomic E-state index is -0.120. The first-order valence-electron chi connectivity index (χ1n) is 5.62. The summed E-state index contributed by atoms with van der Waals surface area (Å²) in [5.74, 6) is 0.624. The first-order valence-corrected chi connectivity index (χ1v) is 7.30. The molecule has 0 unspecified atom stereocenters. The molecule has 2 rings (SSSR count). The van der Waals surface area contributed by atoms with E-state index in [4.69, 9.17) is 0 Å². The average molecular weight is 328 g/mol. The molecule has 2 aromatic heterocycles. The Hall–Kier alpha value is -0.980. The highest BCUT2D eigenvalue weighted by Crippen LogP contribution is 2.26. The number of aromatic amines is 1. The first kappa shape index (κ1) is 13.5. The second kappa shape index (κ2) is 5.77. The van der Waals surface area contributed by atoms with Crippen LogP contribution in [0.15, 0.2) is 26.8 Å². The fourth-order valence-corrected chi connectivity index (χ4v) is 2.83. The molecule has 0 aliphatic carbocycles. The van der Waals surface area contributed by atoms with Crippen LogP contribution in [-0.4, -0.2) is 16.0 Å². The third-order valence-corrected chi connectivity index (χ3v) is 3.98. The molecule has 0 fully saturated rings. The fourth-order valence-electron chi connectivity index (χ4n) is 1.46. The van der Waals surface area contributed by atoms with Crippen LogP contribution in [0.25, 0.3) is 10.7 Å². The Morgan fingerprint density at radius 2 is 2.28 bits per heavy atom. The van der Waals surface area contributed by atoms with Crippen molar-refractivity contribution in [2.45, 2.75) is 26.4 Å². The number of aromatic nitrogens is 2. The van der Waals surface area contributed by atoms with Crippen LogP contribution in [0.2, 0.25) is 0 Å². The minimum absolute atomic E-state index is 0.120. The molecule has 6 heteroatoms. The van der Waals surface area contributed by atoms with E-state index in [1.54, 1.807) is 11.3 Å². The van der Waals surface area contributed by atoms with Crippen LogP contribution in [0.1, 0.15) is 19.5 Å². The summed E-state index contributed by atoms with van der Waals surface area (Å²) in [6.07, 6.45) is 0. The van der Waals surface area contributed by atoms with Crippen molar-refractivity contribution in [3.05, 3.63) is 38.0 Å². The topological polar surface area (TPSA) is 57.8 Å². The molecule has 0 radical (unpaired) electrons. The van der Waals surface area contributed by atoms with Gasteiger partial charge in [0.15, 0.2) is 5.82 Å². The van der Waals surface area contributed by atoms with E-state index >= 15 is 0 Å². The number of nitrogens with zero attached hydrogens (tertiary/aromatic N) is 1. The molecule has 0 atom stereocenters. The Kier molecular flexibility index (Phi) is 4.31. The summed E-state index contributed by atoms with van der Waals surface area (Å²) in [5.41, 5.74) is 0.636. The standard InChI is InChI=1S/C12H14BrN3OS/c1-7(2)14-5-9-4-11(17)16-12(15-9)10-3-8(13)6-18-10/h3-4,6-7,14H,5H2,1-2H3,(H,15,16,17). The van der Waals surface area contributed by atoms with Crippen molar-refractivity contribution in [3.63, 3.8) is 0 Å². The van der Waals surface area contributed by atoms with Crippen molar-refractivity contribution >= 4 is 27.3 Å². The zero-order valence-electron chi connectivity index (χ0n) is 10.2. The number of hydrogen-bond acceptors (Lipinski definition) is 4. The largest absolute Gasteiger partial charge is 0.309 e. The lowest BCUT2D eigenvalue weighted by molar-refractivity contribution is 0.580. The van der Waals surface area contributed by atoms with E-state index in [2.05, 4.69) is 45.1 Å². The highest BCUT2D eigenvalue weighted by atomic mass is 79.9. The van der Waals surface area contributed by atoms with Crippen LogP contribution in [0.4, 0.5) is 0 Å². The molecule has 18 heavy (non-hydrogen) atoms. The van der Waals surface area contributed by atoms with Crippen molar-refractivity contribution in [2.75, 3.05) is 0 Å². The molecule has 2 heterocycles. The van der Waals surface area contributed by atoms with Gasteiger partial charge in [0.2, 0.25) is 0 Å². The Bertz CT molecular complexity index is 591. The van der Waals surface area contributed by atoms with Crippen LogP contribution in [0.3, 0.4) is 0 Å². The van der Waals surface area contributed by atoms with Crippen molar-refractivity contribution in [1.82, 2.24) is 15.3 Å². The fraction of sp³-hybridized carbons (Fsp3) is 0.333. The predicted molar refractivity (Wildman–Crippen MR) is 77.8 cm³/mol. The Balaban J connectivity index is 2.29.